The maximum absolute atomic E-state index is 12.4. The second-order valence-corrected chi connectivity index (χ2v) is 2.55. The lowest BCUT2D eigenvalue weighted by molar-refractivity contribution is -0.0658. The fraction of sp³-hybridized carbons (Fsp3) is 1.00. The van der Waals surface area contributed by atoms with Gasteiger partial charge in [-0.1, -0.05) is 0 Å². The van der Waals surface area contributed by atoms with Crippen LogP contribution < -0.4 is 5.32 Å². The van der Waals surface area contributed by atoms with E-state index in [1.165, 1.54) is 0 Å². The van der Waals surface area contributed by atoms with Gasteiger partial charge in [-0.2, -0.15) is 0 Å². The molecule has 0 spiro atoms. The van der Waals surface area contributed by atoms with Gasteiger partial charge >= 0.3 is 0 Å². The van der Waals surface area contributed by atoms with Crippen LogP contribution in [0.2, 0.25) is 0 Å². The second kappa shape index (κ2) is 4.16. The van der Waals surface area contributed by atoms with E-state index in [4.69, 9.17) is 0 Å². The van der Waals surface area contributed by atoms with E-state index in [0.29, 0.717) is 13.0 Å². The summed E-state index contributed by atoms with van der Waals surface area (Å²) in [5.74, 6) is -3.16. The highest BCUT2D eigenvalue weighted by Crippen LogP contribution is 2.25. The van der Waals surface area contributed by atoms with Crippen molar-refractivity contribution in [2.24, 2.45) is 0 Å². The first-order chi connectivity index (χ1) is 4.63. The molecular formula is C6H11ClF3N. The quantitative estimate of drug-likeness (QED) is 0.613. The molecule has 1 saturated heterocycles. The van der Waals surface area contributed by atoms with Gasteiger partial charge in [0.15, 0.2) is 6.17 Å². The van der Waals surface area contributed by atoms with Gasteiger partial charge in [0.25, 0.3) is 5.92 Å². The molecule has 1 aliphatic rings. The fourth-order valence-corrected chi connectivity index (χ4v) is 0.983. The molecule has 1 N–H and O–H groups in total. The molecule has 0 aliphatic carbocycles. The molecule has 0 bridgehead atoms. The normalized spacial score (nSPS) is 30.3. The third kappa shape index (κ3) is 2.87. The van der Waals surface area contributed by atoms with Crippen molar-refractivity contribution in [2.75, 3.05) is 13.1 Å². The Morgan fingerprint density at radius 1 is 1.36 bits per heavy atom. The zero-order valence-corrected chi connectivity index (χ0v) is 6.76. The Morgan fingerprint density at radius 2 is 2.00 bits per heavy atom. The van der Waals surface area contributed by atoms with Crippen molar-refractivity contribution in [3.05, 3.63) is 0 Å². The highest BCUT2D eigenvalue weighted by atomic mass is 35.5. The first kappa shape index (κ1) is 11.0. The van der Waals surface area contributed by atoms with E-state index in [1.807, 2.05) is 0 Å². The maximum Gasteiger partial charge on any atom is 0.290 e. The monoisotopic (exact) mass is 189 g/mol. The van der Waals surface area contributed by atoms with E-state index in [1.54, 1.807) is 0 Å². The van der Waals surface area contributed by atoms with Crippen LogP contribution in [0.4, 0.5) is 13.2 Å². The van der Waals surface area contributed by atoms with Crippen LogP contribution in [0.25, 0.3) is 0 Å². The summed E-state index contributed by atoms with van der Waals surface area (Å²) in [5, 5.41) is 2.48. The lowest BCUT2D eigenvalue weighted by Crippen LogP contribution is -2.37. The molecule has 1 fully saturated rings. The van der Waals surface area contributed by atoms with Gasteiger partial charge in [0.2, 0.25) is 0 Å². The van der Waals surface area contributed by atoms with Crippen molar-refractivity contribution in [1.29, 1.82) is 0 Å². The Bertz CT molecular complexity index is 120. The minimum atomic E-state index is -3.16. The molecular weight excluding hydrogens is 179 g/mol. The summed E-state index contributed by atoms with van der Waals surface area (Å²) < 4.78 is 37.3. The van der Waals surface area contributed by atoms with Gasteiger partial charge in [0.05, 0.1) is 6.54 Å². The van der Waals surface area contributed by atoms with Crippen molar-refractivity contribution in [2.45, 2.75) is 24.9 Å². The lowest BCUT2D eigenvalue weighted by atomic mass is 10.1. The Labute approximate surface area is 69.8 Å². The molecule has 5 heteroatoms. The SMILES string of the molecule is Cl.FC1CCCNCC1(F)F. The first-order valence-electron chi connectivity index (χ1n) is 3.35. The predicted octanol–water partition coefficient (Wildman–Crippen LogP) is 1.77. The summed E-state index contributed by atoms with van der Waals surface area (Å²) in [6.45, 7) is -0.0236. The molecule has 1 heterocycles. The molecule has 0 aromatic carbocycles. The van der Waals surface area contributed by atoms with Crippen LogP contribution >= 0.6 is 12.4 Å². The molecule has 1 nitrogen and oxygen atoms in total. The molecule has 0 saturated carbocycles. The van der Waals surface area contributed by atoms with Gasteiger partial charge in [-0.3, -0.25) is 0 Å². The van der Waals surface area contributed by atoms with Gasteiger partial charge in [0, 0.05) is 0 Å². The molecule has 1 aliphatic heterocycles. The lowest BCUT2D eigenvalue weighted by Gasteiger charge is -2.16. The van der Waals surface area contributed by atoms with Gasteiger partial charge in [-0.25, -0.2) is 13.2 Å². The number of rotatable bonds is 0. The summed E-state index contributed by atoms with van der Waals surface area (Å²) in [7, 11) is 0. The highest BCUT2D eigenvalue weighted by molar-refractivity contribution is 5.85. The minimum Gasteiger partial charge on any atom is -0.311 e. The van der Waals surface area contributed by atoms with Gasteiger partial charge in [-0.05, 0) is 19.4 Å². The third-order valence-corrected chi connectivity index (χ3v) is 1.63. The van der Waals surface area contributed by atoms with Crippen LogP contribution in [0, 0.1) is 0 Å². The molecule has 1 atom stereocenters. The number of hydrogen-bond acceptors (Lipinski definition) is 1. The van der Waals surface area contributed by atoms with E-state index < -0.39 is 18.6 Å². The highest BCUT2D eigenvalue weighted by Gasteiger charge is 2.40. The third-order valence-electron chi connectivity index (χ3n) is 1.63. The van der Waals surface area contributed by atoms with Crippen LogP contribution in [-0.4, -0.2) is 25.2 Å². The number of halogens is 4. The summed E-state index contributed by atoms with van der Waals surface area (Å²) in [6, 6.07) is 0. The van der Waals surface area contributed by atoms with Crippen LogP contribution in [0.3, 0.4) is 0 Å². The summed E-state index contributed by atoms with van der Waals surface area (Å²) in [5.41, 5.74) is 0. The second-order valence-electron chi connectivity index (χ2n) is 2.55. The fourth-order valence-electron chi connectivity index (χ4n) is 0.983. The van der Waals surface area contributed by atoms with Crippen molar-refractivity contribution >= 4 is 12.4 Å². The molecule has 1 rings (SSSR count). The maximum atomic E-state index is 12.4. The molecule has 0 amide bonds. The van der Waals surface area contributed by atoms with Crippen molar-refractivity contribution < 1.29 is 13.2 Å². The molecule has 1 unspecified atom stereocenters. The molecule has 0 aromatic rings. The van der Waals surface area contributed by atoms with E-state index in [9.17, 15) is 13.2 Å². The zero-order valence-electron chi connectivity index (χ0n) is 5.95. The number of alkyl halides is 3. The van der Waals surface area contributed by atoms with Crippen molar-refractivity contribution in [3.63, 3.8) is 0 Å². The van der Waals surface area contributed by atoms with Crippen molar-refractivity contribution in [3.8, 4) is 0 Å². The Kier molecular flexibility index (Phi) is 4.18. The largest absolute Gasteiger partial charge is 0.311 e. The Balaban J connectivity index is 0.000001000. The Hall–Kier alpha value is 0.0400. The van der Waals surface area contributed by atoms with Gasteiger partial charge in [0.1, 0.15) is 0 Å². The average molecular weight is 190 g/mol. The van der Waals surface area contributed by atoms with Crippen LogP contribution in [0.15, 0.2) is 0 Å². The van der Waals surface area contributed by atoms with E-state index in [-0.39, 0.29) is 18.8 Å². The van der Waals surface area contributed by atoms with Gasteiger partial charge < -0.3 is 5.32 Å². The number of nitrogens with one attached hydrogen (secondary N) is 1. The van der Waals surface area contributed by atoms with E-state index in [0.717, 1.165) is 0 Å². The first-order valence-corrected chi connectivity index (χ1v) is 3.35. The predicted molar refractivity (Wildman–Crippen MR) is 39.2 cm³/mol. The van der Waals surface area contributed by atoms with Crippen LogP contribution in [0.5, 0.6) is 0 Å². The Morgan fingerprint density at radius 3 is 2.64 bits per heavy atom. The summed E-state index contributed by atoms with van der Waals surface area (Å²) in [4.78, 5) is 0. The van der Waals surface area contributed by atoms with Crippen molar-refractivity contribution in [1.82, 2.24) is 5.32 Å². The number of hydrogen-bond donors (Lipinski definition) is 1. The van der Waals surface area contributed by atoms with Crippen LogP contribution in [0.1, 0.15) is 12.8 Å². The average Bonchev–Trinajstić information content (AvgIpc) is 1.96. The summed E-state index contributed by atoms with van der Waals surface area (Å²) >= 11 is 0. The topological polar surface area (TPSA) is 12.0 Å². The van der Waals surface area contributed by atoms with E-state index in [2.05, 4.69) is 5.32 Å². The standard InChI is InChI=1S/C6H10F3N.ClH/c7-5-2-1-3-10-4-6(5,8)9;/h5,10H,1-4H2;1H. The molecule has 68 valence electrons. The molecule has 11 heavy (non-hydrogen) atoms. The zero-order chi connectivity index (χ0) is 7.61. The van der Waals surface area contributed by atoms with Gasteiger partial charge in [-0.15, -0.1) is 12.4 Å². The van der Waals surface area contributed by atoms with E-state index >= 15 is 0 Å². The molecule has 0 aromatic heterocycles. The van der Waals surface area contributed by atoms with Crippen LogP contribution in [-0.2, 0) is 0 Å². The smallest absolute Gasteiger partial charge is 0.290 e. The summed E-state index contributed by atoms with van der Waals surface area (Å²) in [6.07, 6.45) is -1.49. The molecule has 0 radical (unpaired) electrons. The minimum absolute atomic E-state index is 0.